The van der Waals surface area contributed by atoms with Crippen LogP contribution in [0.1, 0.15) is 24.3 Å². The quantitative estimate of drug-likeness (QED) is 0.595. The molecule has 0 unspecified atom stereocenters. The molecule has 0 bridgehead atoms. The summed E-state index contributed by atoms with van der Waals surface area (Å²) in [5.74, 6) is -0.438. The standard InChI is InChI=1S/C11H13N3O2/c1-6(2)16-11(15)10-8-5-7(12)3-4-9(8)13-14-10/h3-6H,12H2,1-2H3,(H,13,14). The summed E-state index contributed by atoms with van der Waals surface area (Å²) in [6.07, 6.45) is -0.166. The minimum Gasteiger partial charge on any atom is -0.458 e. The van der Waals surface area contributed by atoms with Gasteiger partial charge in [-0.1, -0.05) is 0 Å². The van der Waals surface area contributed by atoms with E-state index < -0.39 is 5.97 Å². The number of nitrogens with one attached hydrogen (secondary N) is 1. The van der Waals surface area contributed by atoms with Gasteiger partial charge in [-0.3, -0.25) is 5.10 Å². The van der Waals surface area contributed by atoms with Crippen LogP contribution in [0.15, 0.2) is 18.2 Å². The number of ether oxygens (including phenoxy) is 1. The molecule has 0 spiro atoms. The number of carbonyl (C=O) groups excluding carboxylic acids is 1. The minimum absolute atomic E-state index is 0.166. The number of rotatable bonds is 2. The third-order valence-electron chi connectivity index (χ3n) is 2.12. The van der Waals surface area contributed by atoms with E-state index in [-0.39, 0.29) is 11.8 Å². The number of nitrogens with two attached hydrogens (primary N) is 1. The second-order valence-electron chi connectivity index (χ2n) is 3.83. The summed E-state index contributed by atoms with van der Waals surface area (Å²) in [6, 6.07) is 5.23. The summed E-state index contributed by atoms with van der Waals surface area (Å²) >= 11 is 0. The minimum atomic E-state index is -0.438. The molecule has 0 fully saturated rings. The number of fused-ring (bicyclic) bond motifs is 1. The van der Waals surface area contributed by atoms with E-state index in [0.717, 1.165) is 5.52 Å². The molecule has 0 aliphatic heterocycles. The van der Waals surface area contributed by atoms with Gasteiger partial charge in [0.1, 0.15) is 0 Å². The van der Waals surface area contributed by atoms with Crippen LogP contribution in [0.2, 0.25) is 0 Å². The predicted molar refractivity (Wildman–Crippen MR) is 61.1 cm³/mol. The number of carbonyl (C=O) groups is 1. The number of H-pyrrole nitrogens is 1. The summed E-state index contributed by atoms with van der Waals surface area (Å²) in [4.78, 5) is 11.7. The Morgan fingerprint density at radius 1 is 1.50 bits per heavy atom. The average Bonchev–Trinajstić information content (AvgIpc) is 2.59. The zero-order valence-corrected chi connectivity index (χ0v) is 9.15. The molecule has 0 aliphatic rings. The fourth-order valence-corrected chi connectivity index (χ4v) is 1.46. The van der Waals surface area contributed by atoms with Gasteiger partial charge in [0.2, 0.25) is 0 Å². The van der Waals surface area contributed by atoms with Crippen LogP contribution in [0, 0.1) is 0 Å². The molecule has 2 rings (SSSR count). The lowest BCUT2D eigenvalue weighted by Gasteiger charge is -2.05. The molecule has 16 heavy (non-hydrogen) atoms. The monoisotopic (exact) mass is 219 g/mol. The lowest BCUT2D eigenvalue weighted by molar-refractivity contribution is 0.0373. The smallest absolute Gasteiger partial charge is 0.359 e. The van der Waals surface area contributed by atoms with Crippen LogP contribution in [-0.4, -0.2) is 22.3 Å². The molecule has 1 aromatic heterocycles. The molecular weight excluding hydrogens is 206 g/mol. The Morgan fingerprint density at radius 2 is 2.25 bits per heavy atom. The number of nitrogen functional groups attached to an aromatic ring is 1. The maximum Gasteiger partial charge on any atom is 0.359 e. The molecule has 1 heterocycles. The first-order valence-corrected chi connectivity index (χ1v) is 5.02. The molecule has 0 aliphatic carbocycles. The van der Waals surface area contributed by atoms with Crippen molar-refractivity contribution in [2.24, 2.45) is 0 Å². The average molecular weight is 219 g/mol. The molecule has 84 valence electrons. The fraction of sp³-hybridized carbons (Fsp3) is 0.273. The summed E-state index contributed by atoms with van der Waals surface area (Å²) in [6.45, 7) is 3.59. The van der Waals surface area contributed by atoms with Crippen LogP contribution in [0.5, 0.6) is 0 Å². The van der Waals surface area contributed by atoms with Crippen LogP contribution in [0.25, 0.3) is 10.9 Å². The molecule has 0 radical (unpaired) electrons. The van der Waals surface area contributed by atoms with Gasteiger partial charge in [-0.05, 0) is 32.0 Å². The first-order chi connectivity index (χ1) is 7.58. The second-order valence-corrected chi connectivity index (χ2v) is 3.83. The van der Waals surface area contributed by atoms with Gasteiger partial charge in [-0.2, -0.15) is 5.10 Å². The number of anilines is 1. The topological polar surface area (TPSA) is 81.0 Å². The van der Waals surface area contributed by atoms with Gasteiger partial charge in [0, 0.05) is 11.1 Å². The number of esters is 1. The van der Waals surface area contributed by atoms with E-state index >= 15 is 0 Å². The molecule has 0 saturated carbocycles. The molecule has 0 atom stereocenters. The van der Waals surface area contributed by atoms with Crippen LogP contribution < -0.4 is 5.73 Å². The van der Waals surface area contributed by atoms with Crippen LogP contribution >= 0.6 is 0 Å². The van der Waals surface area contributed by atoms with Crippen molar-refractivity contribution in [2.75, 3.05) is 5.73 Å². The van der Waals surface area contributed by atoms with E-state index in [1.54, 1.807) is 32.0 Å². The largest absolute Gasteiger partial charge is 0.458 e. The predicted octanol–water partition coefficient (Wildman–Crippen LogP) is 1.71. The molecule has 0 saturated heterocycles. The van der Waals surface area contributed by atoms with Crippen LogP contribution in [0.3, 0.4) is 0 Å². The maximum absolute atomic E-state index is 11.7. The van der Waals surface area contributed by atoms with Crippen molar-refractivity contribution >= 4 is 22.6 Å². The van der Waals surface area contributed by atoms with E-state index in [4.69, 9.17) is 10.5 Å². The van der Waals surface area contributed by atoms with Crippen molar-refractivity contribution in [3.8, 4) is 0 Å². The van der Waals surface area contributed by atoms with E-state index in [1.165, 1.54) is 0 Å². The van der Waals surface area contributed by atoms with E-state index in [2.05, 4.69) is 10.2 Å². The number of hydrogen-bond donors (Lipinski definition) is 2. The Bertz CT molecular complexity index is 531. The van der Waals surface area contributed by atoms with Gasteiger partial charge in [0.15, 0.2) is 5.69 Å². The summed E-state index contributed by atoms with van der Waals surface area (Å²) in [7, 11) is 0. The fourth-order valence-electron chi connectivity index (χ4n) is 1.46. The Balaban J connectivity index is 2.44. The Hall–Kier alpha value is -2.04. The van der Waals surface area contributed by atoms with Crippen molar-refractivity contribution < 1.29 is 9.53 Å². The van der Waals surface area contributed by atoms with Crippen molar-refractivity contribution in [1.82, 2.24) is 10.2 Å². The van der Waals surface area contributed by atoms with E-state index in [9.17, 15) is 4.79 Å². The molecule has 3 N–H and O–H groups in total. The molecule has 1 aromatic carbocycles. The zero-order valence-electron chi connectivity index (χ0n) is 9.15. The van der Waals surface area contributed by atoms with Crippen molar-refractivity contribution in [1.29, 1.82) is 0 Å². The van der Waals surface area contributed by atoms with Gasteiger partial charge in [-0.25, -0.2) is 4.79 Å². The first kappa shape index (κ1) is 10.5. The summed E-state index contributed by atoms with van der Waals surface area (Å²) in [5, 5.41) is 7.38. The van der Waals surface area contributed by atoms with Crippen LogP contribution in [0.4, 0.5) is 5.69 Å². The highest BCUT2D eigenvalue weighted by atomic mass is 16.5. The molecule has 5 nitrogen and oxygen atoms in total. The highest BCUT2D eigenvalue weighted by Gasteiger charge is 2.16. The van der Waals surface area contributed by atoms with Gasteiger partial charge < -0.3 is 10.5 Å². The molecule has 5 heteroatoms. The van der Waals surface area contributed by atoms with Gasteiger partial charge in [-0.15, -0.1) is 0 Å². The van der Waals surface area contributed by atoms with Gasteiger partial charge >= 0.3 is 5.97 Å². The third-order valence-corrected chi connectivity index (χ3v) is 2.12. The number of hydrogen-bond acceptors (Lipinski definition) is 4. The zero-order chi connectivity index (χ0) is 11.7. The Morgan fingerprint density at radius 3 is 2.94 bits per heavy atom. The highest BCUT2D eigenvalue weighted by molar-refractivity contribution is 6.02. The van der Waals surface area contributed by atoms with E-state index in [1.807, 2.05) is 0 Å². The number of aromatic nitrogens is 2. The number of nitrogens with zero attached hydrogens (tertiary/aromatic N) is 1. The highest BCUT2D eigenvalue weighted by Crippen LogP contribution is 2.19. The Kier molecular flexibility index (Phi) is 2.52. The SMILES string of the molecule is CC(C)OC(=O)c1n[nH]c2ccc(N)cc12. The number of aromatic amines is 1. The van der Waals surface area contributed by atoms with E-state index in [0.29, 0.717) is 11.1 Å². The normalized spacial score (nSPS) is 10.9. The van der Waals surface area contributed by atoms with Crippen molar-refractivity contribution in [3.63, 3.8) is 0 Å². The maximum atomic E-state index is 11.7. The lowest BCUT2D eigenvalue weighted by Crippen LogP contribution is -2.12. The lowest BCUT2D eigenvalue weighted by atomic mass is 10.2. The van der Waals surface area contributed by atoms with Crippen molar-refractivity contribution in [2.45, 2.75) is 20.0 Å². The molecule has 2 aromatic rings. The number of benzene rings is 1. The van der Waals surface area contributed by atoms with Crippen LogP contribution in [-0.2, 0) is 4.74 Å². The Labute approximate surface area is 92.6 Å². The molecule has 0 amide bonds. The third kappa shape index (κ3) is 1.84. The second kappa shape index (κ2) is 3.84. The first-order valence-electron chi connectivity index (χ1n) is 5.02. The summed E-state index contributed by atoms with van der Waals surface area (Å²) in [5.41, 5.74) is 7.29. The molecular formula is C11H13N3O2. The van der Waals surface area contributed by atoms with Gasteiger partial charge in [0.25, 0.3) is 0 Å². The van der Waals surface area contributed by atoms with Gasteiger partial charge in [0.05, 0.1) is 11.6 Å². The summed E-state index contributed by atoms with van der Waals surface area (Å²) < 4.78 is 5.08. The van der Waals surface area contributed by atoms with Crippen molar-refractivity contribution in [3.05, 3.63) is 23.9 Å².